The Morgan fingerprint density at radius 2 is 1.97 bits per heavy atom. The summed E-state index contributed by atoms with van der Waals surface area (Å²) in [7, 11) is -2.20. The number of amides is 1. The van der Waals surface area contributed by atoms with E-state index < -0.39 is 22.2 Å². The molecule has 0 aliphatic carbocycles. The van der Waals surface area contributed by atoms with Gasteiger partial charge in [0.15, 0.2) is 0 Å². The number of aliphatic hydroxyl groups excluding tert-OH is 1. The molecule has 1 aliphatic heterocycles. The summed E-state index contributed by atoms with van der Waals surface area (Å²) < 4.78 is 34.7. The zero-order valence-electron chi connectivity index (χ0n) is 19.3. The van der Waals surface area contributed by atoms with Crippen LogP contribution in [0.3, 0.4) is 0 Å². The van der Waals surface area contributed by atoms with Crippen LogP contribution >= 0.6 is 0 Å². The highest BCUT2D eigenvalue weighted by molar-refractivity contribution is 7.89. The van der Waals surface area contributed by atoms with Crippen molar-refractivity contribution in [2.75, 3.05) is 26.7 Å². The van der Waals surface area contributed by atoms with E-state index in [4.69, 9.17) is 4.74 Å². The molecule has 174 valence electrons. The lowest BCUT2D eigenvalue weighted by Gasteiger charge is -2.37. The smallest absolute Gasteiger partial charge is 0.247 e. The first-order valence-electron chi connectivity index (χ1n) is 10.8. The summed E-state index contributed by atoms with van der Waals surface area (Å²) in [4.78, 5) is 13.5. The van der Waals surface area contributed by atoms with Crippen LogP contribution in [0.1, 0.15) is 26.3 Å². The summed E-state index contributed by atoms with van der Waals surface area (Å²) in [6.45, 7) is 7.29. The van der Waals surface area contributed by atoms with E-state index in [0.717, 1.165) is 16.7 Å². The van der Waals surface area contributed by atoms with Crippen molar-refractivity contribution in [2.24, 2.45) is 5.92 Å². The summed E-state index contributed by atoms with van der Waals surface area (Å²) in [6.07, 6.45) is -0.418. The number of nitrogens with zero attached hydrogens (tertiary/aromatic N) is 2. The third-order valence-electron chi connectivity index (χ3n) is 6.11. The number of aliphatic hydroxyl groups is 1. The predicted octanol–water partition coefficient (Wildman–Crippen LogP) is 2.91. The van der Waals surface area contributed by atoms with Gasteiger partial charge < -0.3 is 14.7 Å². The molecule has 1 aliphatic rings. The molecule has 1 N–H and O–H groups in total. The van der Waals surface area contributed by atoms with Gasteiger partial charge in [-0.25, -0.2) is 8.42 Å². The van der Waals surface area contributed by atoms with Crippen molar-refractivity contribution in [2.45, 2.75) is 44.7 Å². The van der Waals surface area contributed by atoms with Gasteiger partial charge >= 0.3 is 0 Å². The molecule has 0 unspecified atom stereocenters. The Bertz CT molecular complexity index is 1090. The molecule has 0 fully saturated rings. The number of fused-ring (bicyclic) bond motifs is 1. The van der Waals surface area contributed by atoms with Crippen molar-refractivity contribution in [1.29, 1.82) is 0 Å². The van der Waals surface area contributed by atoms with Crippen LogP contribution in [-0.4, -0.2) is 67.5 Å². The van der Waals surface area contributed by atoms with Crippen LogP contribution < -0.4 is 4.74 Å². The normalized spacial score (nSPS) is 21.6. The fourth-order valence-electron chi connectivity index (χ4n) is 3.91. The number of hydrogen-bond acceptors (Lipinski definition) is 5. The van der Waals surface area contributed by atoms with Gasteiger partial charge in [-0.15, -0.1) is 0 Å². The van der Waals surface area contributed by atoms with Crippen LogP contribution in [0.4, 0.5) is 0 Å². The first kappa shape index (κ1) is 24.2. The van der Waals surface area contributed by atoms with Gasteiger partial charge in [-0.1, -0.05) is 37.3 Å². The highest BCUT2D eigenvalue weighted by Gasteiger charge is 2.38. The van der Waals surface area contributed by atoms with Crippen molar-refractivity contribution in [3.63, 3.8) is 0 Å². The molecule has 0 aromatic heterocycles. The minimum absolute atomic E-state index is 0.0671. The molecule has 0 bridgehead atoms. The van der Waals surface area contributed by atoms with E-state index in [9.17, 15) is 18.3 Å². The van der Waals surface area contributed by atoms with Gasteiger partial charge in [-0.05, 0) is 42.7 Å². The molecule has 3 rings (SSSR count). The molecule has 7 nitrogen and oxygen atoms in total. The van der Waals surface area contributed by atoms with E-state index in [1.165, 1.54) is 11.2 Å². The molecule has 2 aromatic carbocycles. The van der Waals surface area contributed by atoms with E-state index in [-0.39, 0.29) is 35.6 Å². The van der Waals surface area contributed by atoms with Gasteiger partial charge in [0.05, 0.1) is 13.2 Å². The highest BCUT2D eigenvalue weighted by Crippen LogP contribution is 2.37. The number of benzene rings is 2. The van der Waals surface area contributed by atoms with Gasteiger partial charge in [0, 0.05) is 32.5 Å². The Balaban J connectivity index is 2.16. The predicted molar refractivity (Wildman–Crippen MR) is 124 cm³/mol. The van der Waals surface area contributed by atoms with Gasteiger partial charge in [-0.3, -0.25) is 4.79 Å². The lowest BCUT2D eigenvalue weighted by Crippen LogP contribution is -2.50. The van der Waals surface area contributed by atoms with Crippen molar-refractivity contribution in [3.05, 3.63) is 48.0 Å². The molecule has 1 amide bonds. The largest absolute Gasteiger partial charge is 0.487 e. The second-order valence-electron chi connectivity index (χ2n) is 8.62. The standard InChI is InChI=1S/C24H32N2O5S/c1-16-8-6-7-9-21(16)20-10-11-24-22(12-20)31-23(14-25(5)19(4)28)17(2)13-26(18(3)15-27)32(24,29)30/h6-12,17-18,23,27H,13-15H2,1-5H3/t17-,18+,23-/m1/s1. The number of hydrogen-bond donors (Lipinski definition) is 1. The van der Waals surface area contributed by atoms with Crippen LogP contribution in [0.5, 0.6) is 5.75 Å². The average Bonchev–Trinajstić information content (AvgIpc) is 2.75. The summed E-state index contributed by atoms with van der Waals surface area (Å²) in [5.41, 5.74) is 2.91. The minimum Gasteiger partial charge on any atom is -0.487 e. The molecule has 3 atom stereocenters. The molecule has 0 saturated carbocycles. The zero-order valence-corrected chi connectivity index (χ0v) is 20.1. The molecule has 2 aromatic rings. The number of carbonyl (C=O) groups is 1. The molecule has 0 spiro atoms. The number of likely N-dealkylation sites (N-methyl/N-ethyl adjacent to an activating group) is 1. The minimum atomic E-state index is -3.90. The topological polar surface area (TPSA) is 87.2 Å². The van der Waals surface area contributed by atoms with E-state index in [2.05, 4.69) is 0 Å². The third-order valence-corrected chi connectivity index (χ3v) is 8.13. The summed E-state index contributed by atoms with van der Waals surface area (Å²) in [5, 5.41) is 9.73. The van der Waals surface area contributed by atoms with E-state index in [1.54, 1.807) is 37.1 Å². The highest BCUT2D eigenvalue weighted by atomic mass is 32.2. The van der Waals surface area contributed by atoms with Crippen molar-refractivity contribution in [1.82, 2.24) is 9.21 Å². The Hall–Kier alpha value is -2.42. The molecule has 0 radical (unpaired) electrons. The second kappa shape index (κ2) is 9.60. The Morgan fingerprint density at radius 1 is 1.28 bits per heavy atom. The Kier molecular flexibility index (Phi) is 7.27. The molecule has 32 heavy (non-hydrogen) atoms. The van der Waals surface area contributed by atoms with Gasteiger partial charge in [0.25, 0.3) is 0 Å². The van der Waals surface area contributed by atoms with E-state index in [1.807, 2.05) is 38.1 Å². The SMILES string of the molecule is CC(=O)N(C)C[C@H]1Oc2cc(-c3ccccc3C)ccc2S(=O)(=O)N([C@@H](C)CO)C[C@H]1C. The maximum absolute atomic E-state index is 13.5. The fraction of sp³-hybridized carbons (Fsp3) is 0.458. The maximum atomic E-state index is 13.5. The van der Waals surface area contributed by atoms with E-state index >= 15 is 0 Å². The molecular formula is C24H32N2O5S. The third kappa shape index (κ3) is 4.82. The van der Waals surface area contributed by atoms with Gasteiger partial charge in [0.2, 0.25) is 15.9 Å². The number of rotatable bonds is 5. The van der Waals surface area contributed by atoms with Crippen LogP contribution in [0.15, 0.2) is 47.4 Å². The zero-order chi connectivity index (χ0) is 23.6. The summed E-state index contributed by atoms with van der Waals surface area (Å²) in [6, 6.07) is 12.4. The van der Waals surface area contributed by atoms with Crippen molar-refractivity contribution >= 4 is 15.9 Å². The monoisotopic (exact) mass is 460 g/mol. The van der Waals surface area contributed by atoms with Crippen LogP contribution in [-0.2, 0) is 14.8 Å². The molecule has 8 heteroatoms. The molecule has 0 saturated heterocycles. The van der Waals surface area contributed by atoms with Gasteiger partial charge in [-0.2, -0.15) is 4.31 Å². The fourth-order valence-corrected chi connectivity index (χ4v) is 5.73. The Morgan fingerprint density at radius 3 is 2.59 bits per heavy atom. The van der Waals surface area contributed by atoms with E-state index in [0.29, 0.717) is 6.54 Å². The number of ether oxygens (including phenoxy) is 1. The lowest BCUT2D eigenvalue weighted by molar-refractivity contribution is -0.129. The van der Waals surface area contributed by atoms with Crippen LogP contribution in [0, 0.1) is 12.8 Å². The first-order chi connectivity index (χ1) is 15.1. The van der Waals surface area contributed by atoms with Crippen molar-refractivity contribution < 1.29 is 23.1 Å². The number of aryl methyl sites for hydroxylation is 1. The Labute approximate surface area is 190 Å². The molecule has 1 heterocycles. The number of sulfonamides is 1. The van der Waals surface area contributed by atoms with Crippen LogP contribution in [0.25, 0.3) is 11.1 Å². The second-order valence-corrected chi connectivity index (χ2v) is 10.5. The van der Waals surface area contributed by atoms with Gasteiger partial charge in [0.1, 0.15) is 16.7 Å². The maximum Gasteiger partial charge on any atom is 0.247 e. The number of carbonyl (C=O) groups excluding carboxylic acids is 1. The quantitative estimate of drug-likeness (QED) is 0.741. The van der Waals surface area contributed by atoms with Crippen LogP contribution in [0.2, 0.25) is 0 Å². The van der Waals surface area contributed by atoms with Crippen molar-refractivity contribution in [3.8, 4) is 16.9 Å². The summed E-state index contributed by atoms with van der Waals surface area (Å²) >= 11 is 0. The molecular weight excluding hydrogens is 428 g/mol. The first-order valence-corrected chi connectivity index (χ1v) is 12.2. The lowest BCUT2D eigenvalue weighted by atomic mass is 10.00. The summed E-state index contributed by atoms with van der Waals surface area (Å²) in [5.74, 6) is -0.0461. The average molecular weight is 461 g/mol.